The molecule has 0 bridgehead atoms. The van der Waals surface area contributed by atoms with E-state index in [1.165, 1.54) is 135 Å². The first-order chi connectivity index (χ1) is 35.5. The van der Waals surface area contributed by atoms with Gasteiger partial charge in [0.05, 0.1) is 0 Å². The van der Waals surface area contributed by atoms with Crippen LogP contribution in [0.25, 0.3) is 0 Å². The molecule has 0 saturated carbocycles. The van der Waals surface area contributed by atoms with Crippen molar-refractivity contribution in [2.45, 2.75) is 303 Å². The molecule has 6 heteroatoms. The van der Waals surface area contributed by atoms with Crippen molar-refractivity contribution in [2.75, 3.05) is 13.2 Å². The van der Waals surface area contributed by atoms with Gasteiger partial charge in [0.25, 0.3) is 0 Å². The van der Waals surface area contributed by atoms with E-state index in [9.17, 15) is 14.4 Å². The Balaban J connectivity index is 4.39. The summed E-state index contributed by atoms with van der Waals surface area (Å²) in [7, 11) is 0. The van der Waals surface area contributed by atoms with Gasteiger partial charge in [-0.1, -0.05) is 266 Å². The molecule has 0 N–H and O–H groups in total. The fraction of sp³-hybridized carbons (Fsp3) is 0.742. The minimum absolute atomic E-state index is 0.0834. The van der Waals surface area contributed by atoms with Crippen LogP contribution in [0.5, 0.6) is 0 Å². The van der Waals surface area contributed by atoms with E-state index in [4.69, 9.17) is 14.2 Å². The van der Waals surface area contributed by atoms with Crippen molar-refractivity contribution in [1.29, 1.82) is 0 Å². The first-order valence-corrected chi connectivity index (χ1v) is 30.6. The van der Waals surface area contributed by atoms with Crippen LogP contribution in [-0.4, -0.2) is 37.2 Å². The number of carbonyl (C=O) groups is 3. The van der Waals surface area contributed by atoms with Crippen molar-refractivity contribution < 1.29 is 28.6 Å². The number of esters is 3. The van der Waals surface area contributed by atoms with Crippen LogP contribution in [0.2, 0.25) is 0 Å². The zero-order valence-electron chi connectivity index (χ0n) is 47.4. The Bertz CT molecular complexity index is 1380. The summed E-state index contributed by atoms with van der Waals surface area (Å²) in [4.78, 5) is 38.3. The molecule has 0 aromatic heterocycles. The molecular formula is C66H114O6. The van der Waals surface area contributed by atoms with Crippen molar-refractivity contribution in [3.63, 3.8) is 0 Å². The van der Waals surface area contributed by atoms with Crippen molar-refractivity contribution >= 4 is 17.9 Å². The van der Waals surface area contributed by atoms with Crippen LogP contribution in [0, 0.1) is 0 Å². The van der Waals surface area contributed by atoms with Gasteiger partial charge in [-0.2, -0.15) is 0 Å². The molecule has 0 aromatic carbocycles. The Kier molecular flexibility index (Phi) is 57.3. The third-order valence-electron chi connectivity index (χ3n) is 13.1. The van der Waals surface area contributed by atoms with E-state index in [1.54, 1.807) is 0 Å². The number of allylic oxidation sites excluding steroid dienone is 14. The Morgan fingerprint density at radius 2 is 0.542 bits per heavy atom. The summed E-state index contributed by atoms with van der Waals surface area (Å²) in [6.07, 6.45) is 78.6. The predicted octanol–water partition coefficient (Wildman–Crippen LogP) is 20.7. The van der Waals surface area contributed by atoms with E-state index < -0.39 is 6.10 Å². The van der Waals surface area contributed by atoms with Crippen LogP contribution in [0.4, 0.5) is 0 Å². The first-order valence-electron chi connectivity index (χ1n) is 30.6. The smallest absolute Gasteiger partial charge is 0.306 e. The minimum Gasteiger partial charge on any atom is -0.462 e. The highest BCUT2D eigenvalue weighted by Gasteiger charge is 2.19. The van der Waals surface area contributed by atoms with Gasteiger partial charge in [-0.3, -0.25) is 14.4 Å². The Labute approximate surface area is 445 Å². The Morgan fingerprint density at radius 3 is 0.861 bits per heavy atom. The maximum Gasteiger partial charge on any atom is 0.306 e. The topological polar surface area (TPSA) is 78.9 Å². The first kappa shape index (κ1) is 68.6. The van der Waals surface area contributed by atoms with Crippen LogP contribution < -0.4 is 0 Å². The maximum absolute atomic E-state index is 12.9. The standard InChI is InChI=1S/C66H114O6/c1-4-7-10-13-16-19-22-25-28-30-31-32-33-34-35-36-39-41-44-47-50-53-56-59-65(68)71-62-63(61-70-64(67)58-55-52-49-46-43-40-37-27-24-21-18-15-12-9-6-3)72-66(69)60-57-54-51-48-45-42-38-29-26-23-20-17-14-11-8-5-2/h7,10,16,19-20,23,25,28-29,31-32,34-35,38,63H,4-6,8-9,11-15,17-18,21-22,24,26-27,30,33,36-37,39-62H2,1-3H3/b10-7-,19-16-,23-20-,28-25-,32-31-,35-34-,38-29-. The molecular weight excluding hydrogens is 889 g/mol. The molecule has 414 valence electrons. The molecule has 0 saturated heterocycles. The second-order valence-corrected chi connectivity index (χ2v) is 20.2. The molecule has 1 unspecified atom stereocenters. The van der Waals surface area contributed by atoms with Crippen LogP contribution in [0.1, 0.15) is 297 Å². The lowest BCUT2D eigenvalue weighted by molar-refractivity contribution is -0.167. The van der Waals surface area contributed by atoms with Gasteiger partial charge in [0.2, 0.25) is 0 Å². The molecule has 0 fully saturated rings. The van der Waals surface area contributed by atoms with E-state index in [0.717, 1.165) is 122 Å². The summed E-state index contributed by atoms with van der Waals surface area (Å²) in [6.45, 7) is 6.52. The number of hydrogen-bond donors (Lipinski definition) is 0. The number of hydrogen-bond acceptors (Lipinski definition) is 6. The highest BCUT2D eigenvalue weighted by molar-refractivity contribution is 5.71. The van der Waals surface area contributed by atoms with Crippen molar-refractivity contribution in [3.05, 3.63) is 85.1 Å². The minimum atomic E-state index is -0.788. The third kappa shape index (κ3) is 57.5. The lowest BCUT2D eigenvalue weighted by Gasteiger charge is -2.18. The number of ether oxygens (including phenoxy) is 3. The summed E-state index contributed by atoms with van der Waals surface area (Å²) in [6, 6.07) is 0. The van der Waals surface area contributed by atoms with Crippen molar-refractivity contribution in [2.24, 2.45) is 0 Å². The van der Waals surface area contributed by atoms with Gasteiger partial charge in [-0.05, 0) is 96.3 Å². The zero-order valence-corrected chi connectivity index (χ0v) is 47.4. The quantitative estimate of drug-likeness (QED) is 0.0261. The summed E-state index contributed by atoms with van der Waals surface area (Å²) in [5, 5.41) is 0. The van der Waals surface area contributed by atoms with Gasteiger partial charge in [0.1, 0.15) is 13.2 Å². The average molecular weight is 1000 g/mol. The van der Waals surface area contributed by atoms with Crippen LogP contribution >= 0.6 is 0 Å². The van der Waals surface area contributed by atoms with Crippen LogP contribution in [0.3, 0.4) is 0 Å². The fourth-order valence-electron chi connectivity index (χ4n) is 8.56. The van der Waals surface area contributed by atoms with Crippen LogP contribution in [0.15, 0.2) is 85.1 Å². The molecule has 6 nitrogen and oxygen atoms in total. The van der Waals surface area contributed by atoms with Gasteiger partial charge in [0, 0.05) is 19.3 Å². The molecule has 0 heterocycles. The third-order valence-corrected chi connectivity index (χ3v) is 13.1. The van der Waals surface area contributed by atoms with Crippen molar-refractivity contribution in [1.82, 2.24) is 0 Å². The molecule has 0 aliphatic carbocycles. The molecule has 0 rings (SSSR count). The molecule has 72 heavy (non-hydrogen) atoms. The van der Waals surface area contributed by atoms with E-state index in [1.807, 2.05) is 0 Å². The number of unbranched alkanes of at least 4 members (excludes halogenated alkanes) is 30. The monoisotopic (exact) mass is 1000 g/mol. The largest absolute Gasteiger partial charge is 0.462 e. The SMILES string of the molecule is CC/C=C\C/C=C\C/C=C\C/C=C\C/C=C\CCCCCCCCCC(=O)OCC(COC(=O)CCCCCCCCCCCCCCCCC)OC(=O)CCCCCCC/C=C\C/C=C\CCCCCC. The number of carbonyl (C=O) groups excluding carboxylic acids is 3. The summed E-state index contributed by atoms with van der Waals surface area (Å²) < 4.78 is 16.9. The second kappa shape index (κ2) is 60.1. The lowest BCUT2D eigenvalue weighted by Crippen LogP contribution is -2.30. The molecule has 0 spiro atoms. The van der Waals surface area contributed by atoms with E-state index in [-0.39, 0.29) is 31.1 Å². The molecule has 0 aromatic rings. The van der Waals surface area contributed by atoms with Crippen LogP contribution in [-0.2, 0) is 28.6 Å². The highest BCUT2D eigenvalue weighted by Crippen LogP contribution is 2.16. The second-order valence-electron chi connectivity index (χ2n) is 20.2. The number of rotatable bonds is 55. The van der Waals surface area contributed by atoms with Gasteiger partial charge >= 0.3 is 17.9 Å². The lowest BCUT2D eigenvalue weighted by atomic mass is 10.0. The fourth-order valence-corrected chi connectivity index (χ4v) is 8.56. The molecule has 0 radical (unpaired) electrons. The van der Waals surface area contributed by atoms with Gasteiger partial charge in [-0.15, -0.1) is 0 Å². The Morgan fingerprint density at radius 1 is 0.292 bits per heavy atom. The van der Waals surface area contributed by atoms with Gasteiger partial charge in [-0.25, -0.2) is 0 Å². The predicted molar refractivity (Wildman–Crippen MR) is 311 cm³/mol. The summed E-state index contributed by atoms with van der Waals surface area (Å²) >= 11 is 0. The van der Waals surface area contributed by atoms with Gasteiger partial charge in [0.15, 0.2) is 6.10 Å². The van der Waals surface area contributed by atoms with E-state index >= 15 is 0 Å². The molecule has 0 aliphatic heterocycles. The van der Waals surface area contributed by atoms with Crippen molar-refractivity contribution in [3.8, 4) is 0 Å². The van der Waals surface area contributed by atoms with E-state index in [0.29, 0.717) is 19.3 Å². The molecule has 0 aliphatic rings. The zero-order chi connectivity index (χ0) is 52.2. The normalized spacial score (nSPS) is 12.7. The summed E-state index contributed by atoms with van der Waals surface area (Å²) in [5.74, 6) is -0.898. The van der Waals surface area contributed by atoms with Gasteiger partial charge < -0.3 is 14.2 Å². The van der Waals surface area contributed by atoms with E-state index in [2.05, 4.69) is 106 Å². The molecule has 0 amide bonds. The highest BCUT2D eigenvalue weighted by atomic mass is 16.6. The Hall–Kier alpha value is -3.41. The molecule has 1 atom stereocenters. The average Bonchev–Trinajstić information content (AvgIpc) is 3.38. The summed E-state index contributed by atoms with van der Waals surface area (Å²) in [5.41, 5.74) is 0. The maximum atomic E-state index is 12.9.